The van der Waals surface area contributed by atoms with Crippen molar-refractivity contribution in [3.63, 3.8) is 0 Å². The predicted octanol–water partition coefficient (Wildman–Crippen LogP) is 0.214. The molecule has 1 unspecified atom stereocenters. The molecule has 5 nitrogen and oxygen atoms in total. The van der Waals surface area contributed by atoms with Crippen LogP contribution in [0.4, 0.5) is 0 Å². The van der Waals surface area contributed by atoms with E-state index in [0.717, 1.165) is 6.08 Å². The highest BCUT2D eigenvalue weighted by atomic mass is 16.5. The van der Waals surface area contributed by atoms with Crippen LogP contribution in [0, 0.1) is 5.92 Å². The Balaban J connectivity index is 2.73. The van der Waals surface area contributed by atoms with Crippen molar-refractivity contribution < 1.29 is 19.1 Å². The number of esters is 2. The highest BCUT2D eigenvalue weighted by Gasteiger charge is 2.26. The first-order chi connectivity index (χ1) is 7.04. The van der Waals surface area contributed by atoms with E-state index in [1.165, 1.54) is 7.11 Å². The predicted molar refractivity (Wildman–Crippen MR) is 52.8 cm³/mol. The van der Waals surface area contributed by atoms with E-state index < -0.39 is 11.9 Å². The summed E-state index contributed by atoms with van der Waals surface area (Å²) in [6, 6.07) is 0.0404. The summed E-state index contributed by atoms with van der Waals surface area (Å²) in [5.41, 5.74) is 0.159. The molecule has 0 saturated carbocycles. The highest BCUT2D eigenvalue weighted by molar-refractivity contribution is 5.96. The molecule has 0 aromatic carbocycles. The molecule has 0 bridgehead atoms. The van der Waals surface area contributed by atoms with Gasteiger partial charge in [0.2, 0.25) is 0 Å². The van der Waals surface area contributed by atoms with Crippen LogP contribution in [0.1, 0.15) is 13.8 Å². The Hall–Kier alpha value is -1.52. The van der Waals surface area contributed by atoms with Gasteiger partial charge in [-0.15, -0.1) is 0 Å². The molecule has 15 heavy (non-hydrogen) atoms. The van der Waals surface area contributed by atoms with Gasteiger partial charge in [-0.2, -0.15) is 0 Å². The molecular formula is C10H15NO4. The van der Waals surface area contributed by atoms with Crippen molar-refractivity contribution in [1.82, 2.24) is 5.32 Å². The summed E-state index contributed by atoms with van der Waals surface area (Å²) in [6.07, 6.45) is 1.11. The number of ether oxygens (including phenoxy) is 2. The number of hydrogen-bond donors (Lipinski definition) is 1. The summed E-state index contributed by atoms with van der Waals surface area (Å²) in [6.45, 7) is 4.34. The Bertz CT molecular complexity index is 296. The summed E-state index contributed by atoms with van der Waals surface area (Å²) in [7, 11) is 1.26. The van der Waals surface area contributed by atoms with Crippen molar-refractivity contribution in [2.45, 2.75) is 19.9 Å². The lowest BCUT2D eigenvalue weighted by molar-refractivity contribution is -0.144. The van der Waals surface area contributed by atoms with Crippen LogP contribution in [0.25, 0.3) is 0 Å². The minimum atomic E-state index is -0.571. The minimum absolute atomic E-state index is 0.0404. The molecule has 1 heterocycles. The van der Waals surface area contributed by atoms with Crippen LogP contribution >= 0.6 is 0 Å². The van der Waals surface area contributed by atoms with Gasteiger partial charge in [0.1, 0.15) is 12.3 Å². The lowest BCUT2D eigenvalue weighted by atomic mass is 10.0. The number of cyclic esters (lactones) is 1. The Labute approximate surface area is 88.4 Å². The number of hydrogen-bond acceptors (Lipinski definition) is 5. The molecule has 1 aliphatic rings. The second kappa shape index (κ2) is 4.82. The van der Waals surface area contributed by atoms with E-state index in [2.05, 4.69) is 10.1 Å². The van der Waals surface area contributed by atoms with Crippen LogP contribution in [-0.2, 0) is 19.1 Å². The van der Waals surface area contributed by atoms with Crippen molar-refractivity contribution in [3.8, 4) is 0 Å². The molecule has 1 rings (SSSR count). The molecule has 1 N–H and O–H groups in total. The summed E-state index contributed by atoms with van der Waals surface area (Å²) in [5.74, 6) is -0.768. The first-order valence-electron chi connectivity index (χ1n) is 4.78. The van der Waals surface area contributed by atoms with Crippen LogP contribution in [-0.4, -0.2) is 31.7 Å². The van der Waals surface area contributed by atoms with E-state index in [1.54, 1.807) is 0 Å². The standard InChI is InChI=1S/C10H15NO4/c1-6(2)8-5-15-10(13)7(11-8)4-9(12)14-3/h4,6,8,11H,5H2,1-3H3. The Kier molecular flexibility index (Phi) is 3.71. The second-order valence-corrected chi connectivity index (χ2v) is 3.67. The zero-order valence-electron chi connectivity index (χ0n) is 9.07. The molecule has 1 aliphatic heterocycles. The first-order valence-corrected chi connectivity index (χ1v) is 4.78. The number of carbonyl (C=O) groups excluding carboxylic acids is 2. The number of methoxy groups -OCH3 is 1. The van der Waals surface area contributed by atoms with Crippen molar-refractivity contribution in [2.24, 2.45) is 5.92 Å². The van der Waals surface area contributed by atoms with Gasteiger partial charge < -0.3 is 14.8 Å². The molecule has 0 aliphatic carbocycles. The van der Waals surface area contributed by atoms with Crippen molar-refractivity contribution in [1.29, 1.82) is 0 Å². The van der Waals surface area contributed by atoms with Gasteiger partial charge >= 0.3 is 11.9 Å². The lowest BCUT2D eigenvalue weighted by Crippen LogP contribution is -2.45. The number of carbonyl (C=O) groups is 2. The second-order valence-electron chi connectivity index (χ2n) is 3.67. The lowest BCUT2D eigenvalue weighted by Gasteiger charge is -2.28. The number of morpholine rings is 1. The fraction of sp³-hybridized carbons (Fsp3) is 0.600. The molecule has 0 aromatic rings. The molecule has 5 heteroatoms. The smallest absolute Gasteiger partial charge is 0.354 e. The van der Waals surface area contributed by atoms with Crippen LogP contribution < -0.4 is 5.32 Å². The summed E-state index contributed by atoms with van der Waals surface area (Å²) in [4.78, 5) is 22.2. The number of rotatable bonds is 2. The van der Waals surface area contributed by atoms with E-state index in [4.69, 9.17) is 4.74 Å². The van der Waals surface area contributed by atoms with Crippen molar-refractivity contribution >= 4 is 11.9 Å². The Morgan fingerprint density at radius 1 is 1.67 bits per heavy atom. The van der Waals surface area contributed by atoms with Crippen LogP contribution in [0.15, 0.2) is 11.8 Å². The third-order valence-electron chi connectivity index (χ3n) is 2.22. The zero-order valence-corrected chi connectivity index (χ0v) is 9.07. The molecule has 0 spiro atoms. The minimum Gasteiger partial charge on any atom is -0.466 e. The van der Waals surface area contributed by atoms with Crippen LogP contribution in [0.5, 0.6) is 0 Å². The summed E-state index contributed by atoms with van der Waals surface area (Å²) >= 11 is 0. The average molecular weight is 213 g/mol. The maximum Gasteiger partial charge on any atom is 0.354 e. The Morgan fingerprint density at radius 3 is 2.87 bits per heavy atom. The zero-order chi connectivity index (χ0) is 11.4. The molecule has 1 saturated heterocycles. The van der Waals surface area contributed by atoms with Gasteiger partial charge in [-0.05, 0) is 5.92 Å². The summed E-state index contributed by atoms with van der Waals surface area (Å²) in [5, 5.41) is 2.95. The van der Waals surface area contributed by atoms with Crippen LogP contribution in [0.3, 0.4) is 0 Å². The van der Waals surface area contributed by atoms with Gasteiger partial charge in [-0.3, -0.25) is 0 Å². The van der Waals surface area contributed by atoms with E-state index in [9.17, 15) is 9.59 Å². The first kappa shape index (κ1) is 11.6. The van der Waals surface area contributed by atoms with E-state index in [1.807, 2.05) is 13.8 Å². The average Bonchev–Trinajstić information content (AvgIpc) is 2.20. The van der Waals surface area contributed by atoms with Gasteiger partial charge in [-0.25, -0.2) is 9.59 Å². The molecule has 1 atom stereocenters. The quantitative estimate of drug-likeness (QED) is 0.525. The fourth-order valence-corrected chi connectivity index (χ4v) is 1.18. The molecule has 0 amide bonds. The maximum atomic E-state index is 11.3. The van der Waals surface area contributed by atoms with Gasteiger partial charge in [-0.1, -0.05) is 13.8 Å². The fourth-order valence-electron chi connectivity index (χ4n) is 1.18. The van der Waals surface area contributed by atoms with Gasteiger partial charge in [0.05, 0.1) is 19.2 Å². The van der Waals surface area contributed by atoms with Gasteiger partial charge in [0.15, 0.2) is 0 Å². The Morgan fingerprint density at radius 2 is 2.33 bits per heavy atom. The third kappa shape index (κ3) is 2.97. The van der Waals surface area contributed by atoms with E-state index in [0.29, 0.717) is 12.5 Å². The molecular weight excluding hydrogens is 198 g/mol. The molecule has 1 fully saturated rings. The van der Waals surface area contributed by atoms with Gasteiger partial charge in [0.25, 0.3) is 0 Å². The van der Waals surface area contributed by atoms with E-state index in [-0.39, 0.29) is 11.7 Å². The number of nitrogens with one attached hydrogen (secondary N) is 1. The van der Waals surface area contributed by atoms with Crippen molar-refractivity contribution in [3.05, 3.63) is 11.8 Å². The molecule has 84 valence electrons. The van der Waals surface area contributed by atoms with Gasteiger partial charge in [0, 0.05) is 0 Å². The normalized spacial score (nSPS) is 23.6. The monoisotopic (exact) mass is 213 g/mol. The summed E-state index contributed by atoms with van der Waals surface area (Å²) < 4.78 is 9.37. The van der Waals surface area contributed by atoms with Crippen LogP contribution in [0.2, 0.25) is 0 Å². The SMILES string of the molecule is COC(=O)C=C1NC(C(C)C)COC1=O. The largest absolute Gasteiger partial charge is 0.466 e. The highest BCUT2D eigenvalue weighted by Crippen LogP contribution is 2.11. The topological polar surface area (TPSA) is 64.6 Å². The molecule has 0 radical (unpaired) electrons. The maximum absolute atomic E-state index is 11.3. The van der Waals surface area contributed by atoms with E-state index >= 15 is 0 Å². The molecule has 0 aromatic heterocycles. The third-order valence-corrected chi connectivity index (χ3v) is 2.22. The van der Waals surface area contributed by atoms with Crippen molar-refractivity contribution in [2.75, 3.05) is 13.7 Å².